The molecule has 7 heteroatoms. The van der Waals surface area contributed by atoms with Gasteiger partial charge in [-0.15, -0.1) is 0 Å². The Morgan fingerprint density at radius 3 is 2.54 bits per heavy atom. The van der Waals surface area contributed by atoms with Crippen LogP contribution in [0, 0.1) is 0 Å². The zero-order valence-electron chi connectivity index (χ0n) is 15.3. The molecule has 7 nitrogen and oxygen atoms in total. The van der Waals surface area contributed by atoms with Gasteiger partial charge in [0.1, 0.15) is 5.69 Å². The highest BCUT2D eigenvalue weighted by Gasteiger charge is 2.21. The van der Waals surface area contributed by atoms with Crippen molar-refractivity contribution < 1.29 is 14.3 Å². The summed E-state index contributed by atoms with van der Waals surface area (Å²) in [7, 11) is 1.32. The van der Waals surface area contributed by atoms with Gasteiger partial charge in [-0.05, 0) is 42.3 Å². The van der Waals surface area contributed by atoms with E-state index in [0.29, 0.717) is 17.1 Å². The summed E-state index contributed by atoms with van der Waals surface area (Å²) in [5.74, 6) is -0.0848. The third kappa shape index (κ3) is 3.42. The van der Waals surface area contributed by atoms with Crippen LogP contribution in [0.2, 0.25) is 0 Å². The summed E-state index contributed by atoms with van der Waals surface area (Å²) < 4.78 is 4.65. The summed E-state index contributed by atoms with van der Waals surface area (Å²) in [5.41, 5.74) is 3.59. The number of esters is 1. The van der Waals surface area contributed by atoms with Gasteiger partial charge in [0.15, 0.2) is 5.82 Å². The second-order valence-corrected chi connectivity index (χ2v) is 6.31. The number of fused-ring (bicyclic) bond motifs is 1. The van der Waals surface area contributed by atoms with Crippen LogP contribution in [0.15, 0.2) is 60.9 Å². The Hall–Kier alpha value is -3.74. The average molecular weight is 374 g/mol. The first-order valence-corrected chi connectivity index (χ1v) is 8.83. The van der Waals surface area contributed by atoms with E-state index < -0.39 is 5.97 Å². The van der Waals surface area contributed by atoms with Gasteiger partial charge < -0.3 is 15.0 Å². The van der Waals surface area contributed by atoms with E-state index >= 15 is 0 Å². The molecule has 3 aromatic rings. The van der Waals surface area contributed by atoms with E-state index in [1.807, 2.05) is 12.1 Å². The molecule has 0 bridgehead atoms. The predicted octanol–water partition coefficient (Wildman–Crippen LogP) is 3.21. The van der Waals surface area contributed by atoms with Crippen molar-refractivity contribution in [3.8, 4) is 0 Å². The molecule has 0 radical (unpaired) electrons. The largest absolute Gasteiger partial charge is 0.465 e. The zero-order chi connectivity index (χ0) is 19.5. The SMILES string of the molecule is COC(=O)c1ccc(NC(=O)c2cnc(N3CCc4ccccc43)cn2)cc1. The van der Waals surface area contributed by atoms with Crippen LogP contribution in [0.4, 0.5) is 17.2 Å². The molecule has 2 heterocycles. The molecule has 140 valence electrons. The Balaban J connectivity index is 1.45. The molecule has 0 aliphatic carbocycles. The molecule has 0 atom stereocenters. The Bertz CT molecular complexity index is 1020. The van der Waals surface area contributed by atoms with Gasteiger partial charge >= 0.3 is 5.97 Å². The number of carbonyl (C=O) groups is 2. The number of para-hydroxylation sites is 1. The van der Waals surface area contributed by atoms with Gasteiger partial charge in [-0.1, -0.05) is 18.2 Å². The highest BCUT2D eigenvalue weighted by atomic mass is 16.5. The number of benzene rings is 2. The fraction of sp³-hybridized carbons (Fsp3) is 0.143. The Labute approximate surface area is 162 Å². The first-order valence-electron chi connectivity index (χ1n) is 8.83. The standard InChI is InChI=1S/C21H18N4O3/c1-28-21(27)15-6-8-16(9-7-15)24-20(26)17-12-23-19(13-22-17)25-11-10-14-4-2-3-5-18(14)25/h2-9,12-13H,10-11H2,1H3,(H,24,26). The lowest BCUT2D eigenvalue weighted by molar-refractivity contribution is 0.0600. The number of aromatic nitrogens is 2. The second kappa shape index (κ2) is 7.48. The third-order valence-electron chi connectivity index (χ3n) is 4.60. The number of nitrogens with zero attached hydrogens (tertiary/aromatic N) is 3. The molecule has 1 aliphatic rings. The third-order valence-corrected chi connectivity index (χ3v) is 4.60. The number of rotatable bonds is 4. The Kier molecular flexibility index (Phi) is 4.72. The maximum Gasteiger partial charge on any atom is 0.337 e. The fourth-order valence-electron chi connectivity index (χ4n) is 3.16. The van der Waals surface area contributed by atoms with E-state index in [0.717, 1.165) is 18.7 Å². The van der Waals surface area contributed by atoms with Gasteiger partial charge in [-0.3, -0.25) is 4.79 Å². The quantitative estimate of drug-likeness (QED) is 0.706. The highest BCUT2D eigenvalue weighted by Crippen LogP contribution is 2.32. The van der Waals surface area contributed by atoms with Crippen LogP contribution < -0.4 is 10.2 Å². The van der Waals surface area contributed by atoms with Gasteiger partial charge in [0.05, 0.1) is 25.1 Å². The lowest BCUT2D eigenvalue weighted by Gasteiger charge is -2.17. The molecule has 28 heavy (non-hydrogen) atoms. The predicted molar refractivity (Wildman–Crippen MR) is 105 cm³/mol. The molecule has 0 unspecified atom stereocenters. The summed E-state index contributed by atoms with van der Waals surface area (Å²) >= 11 is 0. The molecule has 2 aromatic carbocycles. The summed E-state index contributed by atoms with van der Waals surface area (Å²) in [4.78, 5) is 34.6. The normalized spacial score (nSPS) is 12.4. The molecule has 0 saturated heterocycles. The average Bonchev–Trinajstić information content (AvgIpc) is 3.18. The number of hydrogen-bond acceptors (Lipinski definition) is 6. The molecule has 1 aliphatic heterocycles. The van der Waals surface area contributed by atoms with E-state index in [1.54, 1.807) is 30.5 Å². The molecule has 0 saturated carbocycles. The number of methoxy groups -OCH3 is 1. The van der Waals surface area contributed by atoms with Crippen molar-refractivity contribution in [1.29, 1.82) is 0 Å². The number of ether oxygens (including phenoxy) is 1. The van der Waals surface area contributed by atoms with Crippen LogP contribution in [0.3, 0.4) is 0 Å². The topological polar surface area (TPSA) is 84.4 Å². The minimum atomic E-state index is -0.428. The van der Waals surface area contributed by atoms with E-state index in [2.05, 4.69) is 37.1 Å². The number of nitrogens with one attached hydrogen (secondary N) is 1. The maximum absolute atomic E-state index is 12.4. The van der Waals surface area contributed by atoms with Crippen LogP contribution >= 0.6 is 0 Å². The van der Waals surface area contributed by atoms with Crippen LogP contribution in [0.5, 0.6) is 0 Å². The van der Waals surface area contributed by atoms with Crippen LogP contribution in [-0.2, 0) is 11.2 Å². The van der Waals surface area contributed by atoms with E-state index in [1.165, 1.54) is 18.9 Å². The minimum Gasteiger partial charge on any atom is -0.465 e. The molecule has 1 N–H and O–H groups in total. The molecule has 4 rings (SSSR count). The van der Waals surface area contributed by atoms with E-state index in [9.17, 15) is 9.59 Å². The van der Waals surface area contributed by atoms with Crippen molar-refractivity contribution in [1.82, 2.24) is 9.97 Å². The molecular formula is C21H18N4O3. The van der Waals surface area contributed by atoms with E-state index in [4.69, 9.17) is 0 Å². The van der Waals surface area contributed by atoms with Gasteiger partial charge in [-0.2, -0.15) is 0 Å². The number of anilines is 3. The monoisotopic (exact) mass is 374 g/mol. The second-order valence-electron chi connectivity index (χ2n) is 6.31. The van der Waals surface area contributed by atoms with Crippen LogP contribution in [-0.4, -0.2) is 35.5 Å². The van der Waals surface area contributed by atoms with Crippen molar-refractivity contribution in [3.63, 3.8) is 0 Å². The number of amides is 1. The maximum atomic E-state index is 12.4. The summed E-state index contributed by atoms with van der Waals surface area (Å²) in [6.07, 6.45) is 4.04. The van der Waals surface area contributed by atoms with Crippen molar-refractivity contribution in [2.45, 2.75) is 6.42 Å². The minimum absolute atomic E-state index is 0.216. The fourth-order valence-corrected chi connectivity index (χ4v) is 3.16. The van der Waals surface area contributed by atoms with Crippen molar-refractivity contribution in [2.24, 2.45) is 0 Å². The van der Waals surface area contributed by atoms with Crippen molar-refractivity contribution in [3.05, 3.63) is 77.7 Å². The Morgan fingerprint density at radius 1 is 1.04 bits per heavy atom. The molecule has 1 aromatic heterocycles. The Morgan fingerprint density at radius 2 is 1.82 bits per heavy atom. The number of hydrogen-bond donors (Lipinski definition) is 1. The van der Waals surface area contributed by atoms with Crippen molar-refractivity contribution in [2.75, 3.05) is 23.9 Å². The lowest BCUT2D eigenvalue weighted by atomic mass is 10.2. The van der Waals surface area contributed by atoms with Gasteiger partial charge in [0.25, 0.3) is 5.91 Å². The molecule has 0 spiro atoms. The van der Waals surface area contributed by atoms with E-state index in [-0.39, 0.29) is 11.6 Å². The van der Waals surface area contributed by atoms with Crippen LogP contribution in [0.25, 0.3) is 0 Å². The van der Waals surface area contributed by atoms with Crippen molar-refractivity contribution >= 4 is 29.1 Å². The number of carbonyl (C=O) groups excluding carboxylic acids is 2. The zero-order valence-corrected chi connectivity index (χ0v) is 15.3. The first-order chi connectivity index (χ1) is 13.7. The van der Waals surface area contributed by atoms with Crippen LogP contribution in [0.1, 0.15) is 26.4 Å². The summed E-state index contributed by atoms with van der Waals surface area (Å²) in [6, 6.07) is 14.6. The molecule has 1 amide bonds. The lowest BCUT2D eigenvalue weighted by Crippen LogP contribution is -2.18. The highest BCUT2D eigenvalue weighted by molar-refractivity contribution is 6.03. The first kappa shape index (κ1) is 17.7. The summed E-state index contributed by atoms with van der Waals surface area (Å²) in [5, 5.41) is 2.74. The summed E-state index contributed by atoms with van der Waals surface area (Å²) in [6.45, 7) is 0.839. The van der Waals surface area contributed by atoms with Gasteiger partial charge in [0.2, 0.25) is 0 Å². The molecule has 0 fully saturated rings. The van der Waals surface area contributed by atoms with Gasteiger partial charge in [-0.25, -0.2) is 14.8 Å². The van der Waals surface area contributed by atoms with Gasteiger partial charge in [0, 0.05) is 17.9 Å². The molecular weight excluding hydrogens is 356 g/mol. The smallest absolute Gasteiger partial charge is 0.337 e.